The van der Waals surface area contributed by atoms with Crippen molar-refractivity contribution in [3.63, 3.8) is 0 Å². The monoisotopic (exact) mass is 428 g/mol. The Morgan fingerprint density at radius 2 is 1.45 bits per heavy atom. The van der Waals surface area contributed by atoms with Crippen LogP contribution in [0.5, 0.6) is 0 Å². The van der Waals surface area contributed by atoms with E-state index < -0.39 is 5.92 Å². The van der Waals surface area contributed by atoms with Gasteiger partial charge in [-0.05, 0) is 67.1 Å². The zero-order valence-corrected chi connectivity index (χ0v) is 19.2. The third-order valence-electron chi connectivity index (χ3n) is 6.14. The quantitative estimate of drug-likeness (QED) is 0.337. The van der Waals surface area contributed by atoms with Crippen molar-refractivity contribution in [3.8, 4) is 0 Å². The number of carbonyl (C=O) groups excluding carboxylic acids is 2. The minimum absolute atomic E-state index is 0.0703. The van der Waals surface area contributed by atoms with Gasteiger partial charge in [0.15, 0.2) is 5.78 Å². The van der Waals surface area contributed by atoms with Crippen LogP contribution in [0.2, 0.25) is 0 Å². The Bertz CT molecular complexity index is 1080. The molecule has 0 radical (unpaired) electrons. The molecule has 3 aromatic rings. The highest BCUT2D eigenvalue weighted by Crippen LogP contribution is 2.37. The Morgan fingerprint density at radius 1 is 0.839 bits per heavy atom. The van der Waals surface area contributed by atoms with Crippen LogP contribution in [-0.2, 0) is 21.8 Å². The van der Waals surface area contributed by atoms with E-state index in [1.807, 2.05) is 38.6 Å². The minimum Gasteiger partial charge on any atom is -0.298 e. The Kier molecular flexibility index (Phi) is 6.43. The summed E-state index contributed by atoms with van der Waals surface area (Å²) in [6.07, 6.45) is 0.985. The van der Waals surface area contributed by atoms with Crippen molar-refractivity contribution in [2.24, 2.45) is 5.92 Å². The predicted octanol–water partition coefficient (Wildman–Crippen LogP) is 6.39. The fourth-order valence-corrected chi connectivity index (χ4v) is 5.59. The van der Waals surface area contributed by atoms with Gasteiger partial charge in [-0.3, -0.25) is 9.59 Å². The first-order chi connectivity index (χ1) is 14.9. The lowest BCUT2D eigenvalue weighted by molar-refractivity contribution is -0.124. The van der Waals surface area contributed by atoms with Gasteiger partial charge in [0.1, 0.15) is 11.7 Å². The molecular formula is C28H28O2S. The maximum absolute atomic E-state index is 13.2. The average molecular weight is 429 g/mol. The van der Waals surface area contributed by atoms with E-state index in [4.69, 9.17) is 0 Å². The van der Waals surface area contributed by atoms with Crippen LogP contribution in [-0.4, -0.2) is 11.6 Å². The van der Waals surface area contributed by atoms with E-state index in [0.29, 0.717) is 12.8 Å². The Morgan fingerprint density at radius 3 is 2.10 bits per heavy atom. The van der Waals surface area contributed by atoms with Crippen LogP contribution in [0, 0.1) is 26.7 Å². The number of benzene rings is 3. The van der Waals surface area contributed by atoms with E-state index in [-0.39, 0.29) is 17.5 Å². The van der Waals surface area contributed by atoms with Crippen LogP contribution in [0.3, 0.4) is 0 Å². The lowest BCUT2D eigenvalue weighted by Crippen LogP contribution is -2.18. The number of hydrogen-bond acceptors (Lipinski definition) is 3. The maximum Gasteiger partial charge on any atom is 0.151 e. The lowest BCUT2D eigenvalue weighted by Gasteiger charge is -2.16. The molecule has 31 heavy (non-hydrogen) atoms. The fraction of sp³-hybridized carbons (Fsp3) is 0.286. The van der Waals surface area contributed by atoms with E-state index in [1.165, 1.54) is 16.0 Å². The van der Waals surface area contributed by atoms with Crippen LogP contribution in [0.1, 0.15) is 45.7 Å². The number of carbonyl (C=O) groups is 2. The zero-order chi connectivity index (χ0) is 22.0. The van der Waals surface area contributed by atoms with Crippen molar-refractivity contribution in [3.05, 3.63) is 100 Å². The average Bonchev–Trinajstić information content (AvgIpc) is 3.01. The lowest BCUT2D eigenvalue weighted by atomic mass is 9.86. The molecule has 0 saturated heterocycles. The van der Waals surface area contributed by atoms with Crippen LogP contribution in [0.4, 0.5) is 0 Å². The molecule has 1 aliphatic carbocycles. The summed E-state index contributed by atoms with van der Waals surface area (Å²) in [4.78, 5) is 27.3. The van der Waals surface area contributed by atoms with Crippen LogP contribution < -0.4 is 0 Å². The fourth-order valence-electron chi connectivity index (χ4n) is 4.72. The molecular weight excluding hydrogens is 400 g/mol. The van der Waals surface area contributed by atoms with E-state index in [2.05, 4.69) is 60.7 Å². The topological polar surface area (TPSA) is 34.1 Å². The third kappa shape index (κ3) is 4.83. The molecule has 0 amide bonds. The smallest absolute Gasteiger partial charge is 0.151 e. The first-order valence-electron chi connectivity index (χ1n) is 10.8. The van der Waals surface area contributed by atoms with E-state index in [1.54, 1.807) is 0 Å². The van der Waals surface area contributed by atoms with Gasteiger partial charge in [0.2, 0.25) is 0 Å². The highest BCUT2D eigenvalue weighted by molar-refractivity contribution is 7.98. The van der Waals surface area contributed by atoms with Crippen molar-refractivity contribution < 1.29 is 9.59 Å². The second-order valence-corrected chi connectivity index (χ2v) is 9.69. The minimum atomic E-state index is -0.591. The second-order valence-electron chi connectivity index (χ2n) is 8.64. The van der Waals surface area contributed by atoms with Gasteiger partial charge < -0.3 is 0 Å². The van der Waals surface area contributed by atoms with Gasteiger partial charge in [-0.1, -0.05) is 60.2 Å². The van der Waals surface area contributed by atoms with Gasteiger partial charge in [-0.15, -0.1) is 11.8 Å². The first-order valence-corrected chi connectivity index (χ1v) is 11.8. The maximum atomic E-state index is 13.2. The van der Waals surface area contributed by atoms with Gasteiger partial charge in [-0.25, -0.2) is 0 Å². The van der Waals surface area contributed by atoms with Gasteiger partial charge in [0, 0.05) is 23.0 Å². The van der Waals surface area contributed by atoms with E-state index in [0.717, 1.165) is 28.0 Å². The molecule has 0 N–H and O–H groups in total. The SMILES string of the molecule is Cc1cc(C)c(C2C(=O)CC(Cc3ccc(CSc4ccccc4)cc3)C2=O)c(C)c1. The number of ketones is 2. The molecule has 3 heteroatoms. The summed E-state index contributed by atoms with van der Waals surface area (Å²) >= 11 is 1.82. The number of thioether (sulfide) groups is 1. The molecule has 2 nitrogen and oxygen atoms in total. The van der Waals surface area contributed by atoms with Crippen molar-refractivity contribution in [2.45, 2.75) is 50.2 Å². The number of hydrogen-bond donors (Lipinski definition) is 0. The molecule has 0 bridgehead atoms. The molecule has 0 spiro atoms. The second kappa shape index (κ2) is 9.23. The van der Waals surface area contributed by atoms with Crippen molar-refractivity contribution in [1.82, 2.24) is 0 Å². The standard InChI is InChI=1S/C28H28O2S/c1-18-13-19(2)26(20(3)14-18)27-25(29)16-23(28(27)30)15-21-9-11-22(12-10-21)17-31-24-7-5-4-6-8-24/h4-14,23,27H,15-17H2,1-3H3. The summed E-state index contributed by atoms with van der Waals surface area (Å²) < 4.78 is 0. The van der Waals surface area contributed by atoms with Crippen molar-refractivity contribution in [1.29, 1.82) is 0 Å². The Balaban J connectivity index is 1.43. The van der Waals surface area contributed by atoms with E-state index in [9.17, 15) is 9.59 Å². The van der Waals surface area contributed by atoms with Crippen LogP contribution in [0.25, 0.3) is 0 Å². The molecule has 2 atom stereocenters. The normalized spacial score (nSPS) is 18.5. The highest BCUT2D eigenvalue weighted by atomic mass is 32.2. The molecule has 3 aromatic carbocycles. The summed E-state index contributed by atoms with van der Waals surface area (Å²) in [5.41, 5.74) is 6.57. The third-order valence-corrected chi connectivity index (χ3v) is 7.22. The number of aryl methyl sites for hydroxylation is 3. The molecule has 1 fully saturated rings. The number of rotatable bonds is 6. The van der Waals surface area contributed by atoms with Gasteiger partial charge in [0.25, 0.3) is 0 Å². The molecule has 158 valence electrons. The summed E-state index contributed by atoms with van der Waals surface area (Å²) in [7, 11) is 0. The Labute approximate surface area is 189 Å². The molecule has 4 rings (SSSR count). The Hall–Kier alpha value is -2.65. The zero-order valence-electron chi connectivity index (χ0n) is 18.4. The van der Waals surface area contributed by atoms with Gasteiger partial charge in [0.05, 0.1) is 0 Å². The molecule has 0 aromatic heterocycles. The summed E-state index contributed by atoms with van der Waals surface area (Å²) in [5.74, 6) is 0.262. The highest BCUT2D eigenvalue weighted by Gasteiger charge is 2.42. The molecule has 1 aliphatic rings. The summed E-state index contributed by atoms with van der Waals surface area (Å²) in [6.45, 7) is 6.07. The van der Waals surface area contributed by atoms with Gasteiger partial charge in [-0.2, -0.15) is 0 Å². The van der Waals surface area contributed by atoms with Crippen molar-refractivity contribution in [2.75, 3.05) is 0 Å². The molecule has 2 unspecified atom stereocenters. The molecule has 1 saturated carbocycles. The summed E-state index contributed by atoms with van der Waals surface area (Å²) in [6, 6.07) is 23.0. The van der Waals surface area contributed by atoms with Gasteiger partial charge >= 0.3 is 0 Å². The van der Waals surface area contributed by atoms with E-state index >= 15 is 0 Å². The first kappa shape index (κ1) is 21.6. The molecule has 0 heterocycles. The van der Waals surface area contributed by atoms with Crippen molar-refractivity contribution >= 4 is 23.3 Å². The summed E-state index contributed by atoms with van der Waals surface area (Å²) in [5, 5.41) is 0. The molecule has 0 aliphatic heterocycles. The van der Waals surface area contributed by atoms with Crippen LogP contribution in [0.15, 0.2) is 71.6 Å². The number of Topliss-reactive ketones (excluding diaryl/α,β-unsaturated/α-hetero) is 2. The predicted molar refractivity (Wildman–Crippen MR) is 128 cm³/mol. The largest absolute Gasteiger partial charge is 0.298 e. The van der Waals surface area contributed by atoms with Crippen LogP contribution >= 0.6 is 11.8 Å².